The molecule has 0 bridgehead atoms. The molecule has 20 heavy (non-hydrogen) atoms. The summed E-state index contributed by atoms with van der Waals surface area (Å²) in [6, 6.07) is 12.0. The van der Waals surface area contributed by atoms with Gasteiger partial charge in [0.05, 0.1) is 5.69 Å². The smallest absolute Gasteiger partial charge is 0.116 e. The van der Waals surface area contributed by atoms with Gasteiger partial charge >= 0.3 is 0 Å². The maximum absolute atomic E-state index is 5.90. The molecule has 4 heteroatoms. The van der Waals surface area contributed by atoms with Crippen molar-refractivity contribution in [2.24, 2.45) is 0 Å². The molecule has 0 aliphatic rings. The van der Waals surface area contributed by atoms with Crippen LogP contribution in [0.1, 0.15) is 14.8 Å². The van der Waals surface area contributed by atoms with Crippen LogP contribution in [0.4, 0.5) is 0 Å². The molecule has 2 aromatic heterocycles. The first kappa shape index (κ1) is 13.6. The Balaban J connectivity index is 1.80. The molecule has 0 N–H and O–H groups in total. The van der Waals surface area contributed by atoms with E-state index in [2.05, 4.69) is 41.6 Å². The Hall–Kier alpha value is -1.42. The van der Waals surface area contributed by atoms with Crippen LogP contribution in [0.25, 0.3) is 23.4 Å². The Morgan fingerprint density at radius 2 is 1.85 bits per heavy atom. The summed E-state index contributed by atoms with van der Waals surface area (Å²) >= 11 is 9.33. The molecule has 0 saturated carbocycles. The summed E-state index contributed by atoms with van der Waals surface area (Å²) in [7, 11) is 0. The van der Waals surface area contributed by atoms with Crippen molar-refractivity contribution in [1.82, 2.24) is 4.98 Å². The van der Waals surface area contributed by atoms with Crippen LogP contribution >= 0.6 is 34.3 Å². The third-order valence-corrected chi connectivity index (χ3v) is 4.84. The zero-order chi connectivity index (χ0) is 13.9. The molecule has 0 aliphatic heterocycles. The van der Waals surface area contributed by atoms with Gasteiger partial charge in [-0.1, -0.05) is 23.7 Å². The van der Waals surface area contributed by atoms with E-state index in [-0.39, 0.29) is 0 Å². The van der Waals surface area contributed by atoms with Crippen molar-refractivity contribution in [1.29, 1.82) is 0 Å². The highest BCUT2D eigenvalue weighted by Crippen LogP contribution is 2.25. The van der Waals surface area contributed by atoms with Crippen molar-refractivity contribution in [2.45, 2.75) is 6.92 Å². The lowest BCUT2D eigenvalue weighted by Crippen LogP contribution is -1.77. The summed E-state index contributed by atoms with van der Waals surface area (Å²) in [5.41, 5.74) is 2.09. The van der Waals surface area contributed by atoms with Gasteiger partial charge in [-0.15, -0.1) is 22.7 Å². The van der Waals surface area contributed by atoms with Crippen molar-refractivity contribution in [3.05, 3.63) is 61.6 Å². The van der Waals surface area contributed by atoms with Crippen molar-refractivity contribution >= 4 is 46.4 Å². The van der Waals surface area contributed by atoms with Crippen LogP contribution in [-0.4, -0.2) is 4.98 Å². The fraction of sp³-hybridized carbons (Fsp3) is 0.0625. The molecule has 3 rings (SSSR count). The van der Waals surface area contributed by atoms with E-state index in [1.807, 2.05) is 24.3 Å². The zero-order valence-electron chi connectivity index (χ0n) is 10.8. The average Bonchev–Trinajstić information content (AvgIpc) is 3.06. The molecular weight excluding hydrogens is 306 g/mol. The van der Waals surface area contributed by atoms with Gasteiger partial charge in [-0.05, 0) is 43.3 Å². The third-order valence-electron chi connectivity index (χ3n) is 2.81. The molecule has 0 saturated heterocycles. The number of benzene rings is 1. The second kappa shape index (κ2) is 5.92. The molecule has 0 radical (unpaired) electrons. The van der Waals surface area contributed by atoms with Crippen LogP contribution in [-0.2, 0) is 0 Å². The largest absolute Gasteiger partial charge is 0.237 e. The number of nitrogens with zero attached hydrogens (tertiary/aromatic N) is 1. The van der Waals surface area contributed by atoms with Gasteiger partial charge in [-0.3, -0.25) is 0 Å². The molecule has 0 aliphatic carbocycles. The number of halogens is 1. The summed E-state index contributed by atoms with van der Waals surface area (Å²) in [4.78, 5) is 7.21. The number of rotatable bonds is 3. The van der Waals surface area contributed by atoms with E-state index in [4.69, 9.17) is 11.6 Å². The van der Waals surface area contributed by atoms with E-state index in [1.54, 1.807) is 22.7 Å². The van der Waals surface area contributed by atoms with Crippen molar-refractivity contribution < 1.29 is 0 Å². The van der Waals surface area contributed by atoms with Crippen LogP contribution in [0, 0.1) is 6.92 Å². The maximum atomic E-state index is 5.90. The molecule has 0 fully saturated rings. The minimum absolute atomic E-state index is 0.747. The second-order valence-electron chi connectivity index (χ2n) is 4.36. The third kappa shape index (κ3) is 3.18. The van der Waals surface area contributed by atoms with Crippen molar-refractivity contribution in [3.63, 3.8) is 0 Å². The topological polar surface area (TPSA) is 12.9 Å². The van der Waals surface area contributed by atoms with Crippen LogP contribution in [0.5, 0.6) is 0 Å². The lowest BCUT2D eigenvalue weighted by molar-refractivity contribution is 1.39. The first-order chi connectivity index (χ1) is 9.70. The Bertz CT molecular complexity index is 738. The highest BCUT2D eigenvalue weighted by Gasteiger charge is 2.02. The van der Waals surface area contributed by atoms with Crippen LogP contribution < -0.4 is 0 Å². The fourth-order valence-corrected chi connectivity index (χ4v) is 3.44. The number of thiophene rings is 1. The minimum atomic E-state index is 0.747. The number of hydrogen-bond donors (Lipinski definition) is 0. The summed E-state index contributed by atoms with van der Waals surface area (Å²) in [5, 5.41) is 3.83. The van der Waals surface area contributed by atoms with Gasteiger partial charge in [-0.25, -0.2) is 4.98 Å². The molecule has 100 valence electrons. The molecule has 2 heterocycles. The van der Waals surface area contributed by atoms with Gasteiger partial charge in [0.2, 0.25) is 0 Å². The standard InChI is InChI=1S/C16H12ClNS2/c1-11-2-7-14(20-11)8-9-16-18-15(10-19-16)12-3-5-13(17)6-4-12/h2-10H,1H3. The Morgan fingerprint density at radius 1 is 1.05 bits per heavy atom. The van der Waals surface area contributed by atoms with E-state index < -0.39 is 0 Å². The highest BCUT2D eigenvalue weighted by atomic mass is 35.5. The lowest BCUT2D eigenvalue weighted by atomic mass is 10.2. The molecule has 0 unspecified atom stereocenters. The van der Waals surface area contributed by atoms with E-state index in [1.165, 1.54) is 9.75 Å². The van der Waals surface area contributed by atoms with Gasteiger partial charge in [0.1, 0.15) is 5.01 Å². The molecule has 0 spiro atoms. The fourth-order valence-electron chi connectivity index (χ4n) is 1.81. The molecule has 3 aromatic rings. The summed E-state index contributed by atoms with van der Waals surface area (Å²) in [6.07, 6.45) is 4.18. The zero-order valence-corrected chi connectivity index (χ0v) is 13.2. The summed E-state index contributed by atoms with van der Waals surface area (Å²) < 4.78 is 0. The molecule has 0 atom stereocenters. The number of thiazole rings is 1. The van der Waals surface area contributed by atoms with Gasteiger partial charge in [0.25, 0.3) is 0 Å². The molecular formula is C16H12ClNS2. The van der Waals surface area contributed by atoms with Gasteiger partial charge in [0, 0.05) is 25.7 Å². The van der Waals surface area contributed by atoms with E-state index in [9.17, 15) is 0 Å². The molecule has 1 aromatic carbocycles. The lowest BCUT2D eigenvalue weighted by Gasteiger charge is -1.95. The Labute approximate surface area is 131 Å². The maximum Gasteiger partial charge on any atom is 0.116 e. The molecule has 1 nitrogen and oxygen atoms in total. The van der Waals surface area contributed by atoms with Gasteiger partial charge < -0.3 is 0 Å². The Kier molecular flexibility index (Phi) is 4.01. The summed E-state index contributed by atoms with van der Waals surface area (Å²) in [6.45, 7) is 2.12. The van der Waals surface area contributed by atoms with Crippen molar-refractivity contribution in [3.8, 4) is 11.3 Å². The van der Waals surface area contributed by atoms with E-state index in [0.717, 1.165) is 21.3 Å². The monoisotopic (exact) mass is 317 g/mol. The quantitative estimate of drug-likeness (QED) is 0.577. The number of aromatic nitrogens is 1. The number of aryl methyl sites for hydroxylation is 1. The summed E-state index contributed by atoms with van der Waals surface area (Å²) in [5.74, 6) is 0. The first-order valence-electron chi connectivity index (χ1n) is 6.17. The van der Waals surface area contributed by atoms with Gasteiger partial charge in [0.15, 0.2) is 0 Å². The van der Waals surface area contributed by atoms with Crippen LogP contribution in [0.2, 0.25) is 5.02 Å². The van der Waals surface area contributed by atoms with E-state index >= 15 is 0 Å². The predicted molar refractivity (Wildman–Crippen MR) is 90.5 cm³/mol. The first-order valence-corrected chi connectivity index (χ1v) is 8.24. The van der Waals surface area contributed by atoms with Gasteiger partial charge in [-0.2, -0.15) is 0 Å². The predicted octanol–water partition coefficient (Wildman–Crippen LogP) is 6.00. The van der Waals surface area contributed by atoms with E-state index in [0.29, 0.717) is 0 Å². The van der Waals surface area contributed by atoms with Crippen LogP contribution in [0.15, 0.2) is 41.8 Å². The van der Waals surface area contributed by atoms with Crippen molar-refractivity contribution in [2.75, 3.05) is 0 Å². The van der Waals surface area contributed by atoms with Crippen LogP contribution in [0.3, 0.4) is 0 Å². The SMILES string of the molecule is Cc1ccc(C=Cc2nc(-c3ccc(Cl)cc3)cs2)s1. The average molecular weight is 318 g/mol. The number of hydrogen-bond acceptors (Lipinski definition) is 3. The normalized spacial score (nSPS) is 11.3. The highest BCUT2D eigenvalue weighted by molar-refractivity contribution is 7.13. The second-order valence-corrected chi connectivity index (χ2v) is 7.01. The Morgan fingerprint density at radius 3 is 2.55 bits per heavy atom. The molecule has 0 amide bonds. The minimum Gasteiger partial charge on any atom is -0.237 e.